The van der Waals surface area contributed by atoms with Crippen molar-refractivity contribution in [2.24, 2.45) is 0 Å². The van der Waals surface area contributed by atoms with Crippen molar-refractivity contribution in [1.29, 1.82) is 0 Å². The molecule has 6 nitrogen and oxygen atoms in total. The lowest BCUT2D eigenvalue weighted by molar-refractivity contribution is -0.652. The van der Waals surface area contributed by atoms with Crippen LogP contribution in [0.1, 0.15) is 6.92 Å². The van der Waals surface area contributed by atoms with E-state index in [4.69, 9.17) is 0 Å². The van der Waals surface area contributed by atoms with Crippen molar-refractivity contribution in [3.8, 4) is 0 Å². The summed E-state index contributed by atoms with van der Waals surface area (Å²) in [7, 11) is 2.81. The Kier molecular flexibility index (Phi) is 3.29. The molecule has 0 aromatic heterocycles. The first-order chi connectivity index (χ1) is 4.95. The number of hydrazine groups is 1. The smallest absolute Gasteiger partial charge is 0.220 e. The summed E-state index contributed by atoms with van der Waals surface area (Å²) >= 11 is 0. The Bertz CT molecular complexity index is 152. The van der Waals surface area contributed by atoms with Gasteiger partial charge < -0.3 is 4.90 Å². The van der Waals surface area contributed by atoms with E-state index in [9.17, 15) is 14.9 Å². The van der Waals surface area contributed by atoms with Crippen LogP contribution in [0.4, 0.5) is 0 Å². The summed E-state index contributed by atoms with van der Waals surface area (Å²) < 4.78 is 0. The molecule has 0 N–H and O–H groups in total. The highest BCUT2D eigenvalue weighted by Crippen LogP contribution is 1.87. The molecule has 0 bridgehead atoms. The minimum absolute atomic E-state index is 0.00231. The molecule has 0 saturated heterocycles. The Morgan fingerprint density at radius 1 is 1.55 bits per heavy atom. The van der Waals surface area contributed by atoms with Crippen molar-refractivity contribution in [3.63, 3.8) is 0 Å². The van der Waals surface area contributed by atoms with Crippen LogP contribution in [0.3, 0.4) is 0 Å². The second kappa shape index (κ2) is 3.75. The zero-order valence-electron chi connectivity index (χ0n) is 6.77. The molecule has 1 amide bonds. The van der Waals surface area contributed by atoms with Crippen LogP contribution in [0.25, 0.3) is 0 Å². The molecule has 0 aromatic rings. The van der Waals surface area contributed by atoms with Gasteiger partial charge >= 0.3 is 0 Å². The van der Waals surface area contributed by atoms with Gasteiger partial charge in [0.1, 0.15) is 0 Å². The van der Waals surface area contributed by atoms with Crippen molar-refractivity contribution in [2.45, 2.75) is 6.92 Å². The highest BCUT2D eigenvalue weighted by atomic mass is 16.7. The molecule has 0 unspecified atom stereocenters. The minimum atomic E-state index is -0.570. The second-order valence-electron chi connectivity index (χ2n) is 2.25. The summed E-state index contributed by atoms with van der Waals surface area (Å²) in [5, 5.41) is 10.3. The molecule has 0 aromatic carbocycles. The first-order valence-electron chi connectivity index (χ1n) is 3.02. The fourth-order valence-electron chi connectivity index (χ4n) is 0.458. The Balaban J connectivity index is 3.84. The summed E-state index contributed by atoms with van der Waals surface area (Å²) in [6, 6.07) is 0. The first-order valence-corrected chi connectivity index (χ1v) is 3.02. The van der Waals surface area contributed by atoms with E-state index in [-0.39, 0.29) is 12.6 Å². The van der Waals surface area contributed by atoms with Gasteiger partial charge in [0, 0.05) is 14.0 Å². The molecule has 0 radical (unpaired) electrons. The maximum absolute atomic E-state index is 10.6. The number of nitro groups is 1. The van der Waals surface area contributed by atoms with Crippen LogP contribution in [-0.4, -0.2) is 41.6 Å². The topological polar surface area (TPSA) is 66.7 Å². The van der Waals surface area contributed by atoms with Crippen molar-refractivity contribution >= 4 is 5.91 Å². The van der Waals surface area contributed by atoms with Crippen LogP contribution in [0.2, 0.25) is 0 Å². The van der Waals surface area contributed by atoms with Gasteiger partial charge in [-0.3, -0.25) is 4.79 Å². The van der Waals surface area contributed by atoms with Crippen molar-refractivity contribution in [1.82, 2.24) is 9.91 Å². The summed E-state index contributed by atoms with van der Waals surface area (Å²) in [4.78, 5) is 21.9. The molecule has 11 heavy (non-hydrogen) atoms. The number of nitrogens with zero attached hydrogens (tertiary/aromatic N) is 3. The number of carbonyl (C=O) groups excluding carboxylic acids is 1. The highest BCUT2D eigenvalue weighted by molar-refractivity contribution is 5.72. The molecular weight excluding hydrogens is 150 g/mol. The maximum atomic E-state index is 10.6. The molecule has 0 saturated carbocycles. The third kappa shape index (κ3) is 3.39. The molecule has 0 fully saturated rings. The molecular formula is C5H11N3O3. The Morgan fingerprint density at radius 2 is 2.00 bits per heavy atom. The summed E-state index contributed by atoms with van der Waals surface area (Å²) in [5.41, 5.74) is 0. The van der Waals surface area contributed by atoms with Crippen LogP contribution in [-0.2, 0) is 4.79 Å². The second-order valence-corrected chi connectivity index (χ2v) is 2.25. The third-order valence-electron chi connectivity index (χ3n) is 1.23. The Labute approximate surface area is 64.5 Å². The zero-order chi connectivity index (χ0) is 9.02. The van der Waals surface area contributed by atoms with E-state index in [1.807, 2.05) is 0 Å². The quantitative estimate of drug-likeness (QED) is 0.319. The van der Waals surface area contributed by atoms with Crippen molar-refractivity contribution in [3.05, 3.63) is 10.1 Å². The largest absolute Gasteiger partial charge is 0.323 e. The van der Waals surface area contributed by atoms with Gasteiger partial charge in [0.2, 0.25) is 5.91 Å². The van der Waals surface area contributed by atoms with Gasteiger partial charge in [-0.05, 0) is 0 Å². The SMILES string of the molecule is CC(=O)N(C)CN(C)[N+](=O)[O-]. The van der Waals surface area contributed by atoms with Gasteiger partial charge in [0.05, 0.1) is 7.05 Å². The predicted molar refractivity (Wildman–Crippen MR) is 38.1 cm³/mol. The lowest BCUT2D eigenvalue weighted by Crippen LogP contribution is -2.38. The van der Waals surface area contributed by atoms with Gasteiger partial charge in [-0.1, -0.05) is 0 Å². The summed E-state index contributed by atoms with van der Waals surface area (Å²) in [6.07, 6.45) is 0. The maximum Gasteiger partial charge on any atom is 0.220 e. The average Bonchev–Trinajstić information content (AvgIpc) is 1.87. The predicted octanol–water partition coefficient (Wildman–Crippen LogP) is -0.454. The monoisotopic (exact) mass is 161 g/mol. The summed E-state index contributed by atoms with van der Waals surface area (Å²) in [6.45, 7) is 1.36. The Hall–Kier alpha value is -1.33. The molecule has 0 aliphatic heterocycles. The van der Waals surface area contributed by atoms with Gasteiger partial charge in [-0.2, -0.15) is 0 Å². The van der Waals surface area contributed by atoms with Crippen molar-refractivity contribution < 1.29 is 9.83 Å². The Morgan fingerprint density at radius 3 is 2.27 bits per heavy atom. The standard InChI is InChI=1S/C5H11N3O3/c1-5(9)6(2)4-7(3)8(10)11/h4H2,1-3H3. The van der Waals surface area contributed by atoms with Gasteiger partial charge in [0.15, 0.2) is 11.7 Å². The molecule has 0 aliphatic rings. The van der Waals surface area contributed by atoms with Crippen LogP contribution >= 0.6 is 0 Å². The van der Waals surface area contributed by atoms with E-state index in [2.05, 4.69) is 0 Å². The number of hydrogen-bond acceptors (Lipinski definition) is 3. The van der Waals surface area contributed by atoms with Gasteiger partial charge in [-0.15, -0.1) is 5.01 Å². The molecule has 0 atom stereocenters. The van der Waals surface area contributed by atoms with Crippen LogP contribution in [0.5, 0.6) is 0 Å². The van der Waals surface area contributed by atoms with E-state index >= 15 is 0 Å². The lowest BCUT2D eigenvalue weighted by atomic mass is 10.6. The van der Waals surface area contributed by atoms with Gasteiger partial charge in [-0.25, -0.2) is 10.1 Å². The number of carbonyl (C=O) groups is 1. The normalized spacial score (nSPS) is 9.00. The van der Waals surface area contributed by atoms with Crippen LogP contribution in [0, 0.1) is 10.1 Å². The van der Waals surface area contributed by atoms with E-state index in [1.54, 1.807) is 0 Å². The van der Waals surface area contributed by atoms with Gasteiger partial charge in [0.25, 0.3) is 0 Å². The summed E-state index contributed by atoms with van der Waals surface area (Å²) in [5.74, 6) is -0.196. The van der Waals surface area contributed by atoms with E-state index in [1.165, 1.54) is 25.9 Å². The molecule has 0 aliphatic carbocycles. The number of amides is 1. The molecule has 64 valence electrons. The third-order valence-corrected chi connectivity index (χ3v) is 1.23. The minimum Gasteiger partial charge on any atom is -0.323 e. The van der Waals surface area contributed by atoms with Crippen LogP contribution in [0.15, 0.2) is 0 Å². The van der Waals surface area contributed by atoms with Crippen LogP contribution < -0.4 is 0 Å². The number of rotatable bonds is 3. The first kappa shape index (κ1) is 9.67. The fourth-order valence-corrected chi connectivity index (χ4v) is 0.458. The molecule has 0 spiro atoms. The fraction of sp³-hybridized carbons (Fsp3) is 0.800. The zero-order valence-corrected chi connectivity index (χ0v) is 6.77. The van der Waals surface area contributed by atoms with E-state index < -0.39 is 5.03 Å². The number of hydrogen-bond donors (Lipinski definition) is 0. The van der Waals surface area contributed by atoms with E-state index in [0.717, 1.165) is 5.01 Å². The molecule has 0 rings (SSSR count). The molecule has 0 heterocycles. The highest BCUT2D eigenvalue weighted by Gasteiger charge is 2.11. The van der Waals surface area contributed by atoms with E-state index in [0.29, 0.717) is 0 Å². The lowest BCUT2D eigenvalue weighted by Gasteiger charge is -2.16. The molecule has 6 heteroatoms. The van der Waals surface area contributed by atoms with Crippen molar-refractivity contribution in [2.75, 3.05) is 20.8 Å². The average molecular weight is 161 g/mol.